The summed E-state index contributed by atoms with van der Waals surface area (Å²) in [5.74, 6) is 1.32. The number of aliphatic hydroxyl groups is 1. The first-order chi connectivity index (χ1) is 15.1. The monoisotopic (exact) mass is 444 g/mol. The zero-order valence-corrected chi connectivity index (χ0v) is 17.6. The topological polar surface area (TPSA) is 121 Å². The summed E-state index contributed by atoms with van der Waals surface area (Å²) in [6.45, 7) is 0.647. The van der Waals surface area contributed by atoms with Gasteiger partial charge in [0.15, 0.2) is 5.76 Å². The molecule has 3 rings (SSSR count). The molecule has 0 aliphatic carbocycles. The van der Waals surface area contributed by atoms with Gasteiger partial charge in [0.2, 0.25) is 0 Å². The van der Waals surface area contributed by atoms with E-state index >= 15 is 0 Å². The van der Waals surface area contributed by atoms with Gasteiger partial charge in [0.25, 0.3) is 11.8 Å². The number of ether oxygens (including phenoxy) is 1. The second-order valence-electron chi connectivity index (χ2n) is 6.61. The second-order valence-corrected chi connectivity index (χ2v) is 7.71. The highest BCUT2D eigenvalue weighted by molar-refractivity contribution is 7.98. The summed E-state index contributed by atoms with van der Waals surface area (Å²) in [7, 11) is 0. The van der Waals surface area contributed by atoms with E-state index in [4.69, 9.17) is 19.5 Å². The first-order valence-corrected chi connectivity index (χ1v) is 10.9. The summed E-state index contributed by atoms with van der Waals surface area (Å²) in [6.07, 6.45) is 0.699. The van der Waals surface area contributed by atoms with E-state index in [1.54, 1.807) is 29.4 Å². The minimum absolute atomic E-state index is 0.143. The zero-order valence-electron chi connectivity index (χ0n) is 16.8. The van der Waals surface area contributed by atoms with Crippen molar-refractivity contribution in [1.29, 1.82) is 0 Å². The molecule has 0 fully saturated rings. The normalized spacial score (nSPS) is 10.8. The lowest BCUT2D eigenvalue weighted by Gasteiger charge is -2.08. The third-order valence-electron chi connectivity index (χ3n) is 4.47. The van der Waals surface area contributed by atoms with Crippen LogP contribution in [0.2, 0.25) is 0 Å². The maximum absolute atomic E-state index is 12.7. The second kappa shape index (κ2) is 11.4. The fraction of sp³-hybridized carbons (Fsp3) is 0.273. The van der Waals surface area contributed by atoms with E-state index < -0.39 is 5.91 Å². The van der Waals surface area contributed by atoms with Crippen LogP contribution in [-0.4, -0.2) is 47.6 Å². The number of para-hydroxylation sites is 1. The number of furan rings is 1. The van der Waals surface area contributed by atoms with E-state index in [0.29, 0.717) is 29.1 Å². The van der Waals surface area contributed by atoms with Crippen LogP contribution in [0.5, 0.6) is 5.75 Å². The van der Waals surface area contributed by atoms with Gasteiger partial charge in [-0.2, -0.15) is 11.8 Å². The first kappa shape index (κ1) is 22.7. The van der Waals surface area contributed by atoms with Crippen LogP contribution in [0.25, 0.3) is 11.0 Å². The average Bonchev–Trinajstić information content (AvgIpc) is 3.18. The third-order valence-corrected chi connectivity index (χ3v) is 5.54. The van der Waals surface area contributed by atoms with Crippen molar-refractivity contribution < 1.29 is 29.1 Å². The van der Waals surface area contributed by atoms with E-state index in [-0.39, 0.29) is 31.4 Å². The number of nitrogens with one attached hydrogen (secondary N) is 2. The number of fused-ring (bicyclic) bond motifs is 1. The molecule has 1 heterocycles. The van der Waals surface area contributed by atoms with Gasteiger partial charge >= 0.3 is 0 Å². The molecular weight excluding hydrogens is 420 g/mol. The molecule has 4 N–H and O–H groups in total. The van der Waals surface area contributed by atoms with E-state index in [1.807, 2.05) is 24.3 Å². The van der Waals surface area contributed by atoms with Crippen molar-refractivity contribution in [3.63, 3.8) is 0 Å². The predicted octanol–water partition coefficient (Wildman–Crippen LogP) is 2.98. The molecule has 164 valence electrons. The molecule has 0 atom stereocenters. The first-order valence-electron chi connectivity index (χ1n) is 9.78. The molecule has 1 aromatic heterocycles. The number of amides is 2. The molecule has 0 aliphatic rings. The molecule has 2 amide bonds. The molecule has 0 unspecified atom stereocenters. The lowest BCUT2D eigenvalue weighted by Crippen LogP contribution is -2.28. The zero-order chi connectivity index (χ0) is 22.1. The van der Waals surface area contributed by atoms with E-state index in [1.165, 1.54) is 12.1 Å². The molecule has 0 bridgehead atoms. The van der Waals surface area contributed by atoms with Gasteiger partial charge < -0.3 is 19.6 Å². The number of aliphatic hydroxyl groups excluding tert-OH is 1. The summed E-state index contributed by atoms with van der Waals surface area (Å²) in [5.41, 5.74) is 3.37. The minimum atomic E-state index is -0.602. The van der Waals surface area contributed by atoms with E-state index in [2.05, 4.69) is 5.32 Å². The molecule has 31 heavy (non-hydrogen) atoms. The predicted molar refractivity (Wildman–Crippen MR) is 118 cm³/mol. The van der Waals surface area contributed by atoms with Gasteiger partial charge in [-0.3, -0.25) is 14.8 Å². The van der Waals surface area contributed by atoms with Crippen molar-refractivity contribution in [2.24, 2.45) is 0 Å². The van der Waals surface area contributed by atoms with Crippen molar-refractivity contribution in [3.05, 3.63) is 65.4 Å². The molecule has 0 saturated heterocycles. The third kappa shape index (κ3) is 6.00. The number of hydrogen-bond acceptors (Lipinski definition) is 7. The standard InChI is InChI=1S/C22H24N2O6S/c25-11-3-13-31-14-18-17-4-1-2-5-19(17)30-20(18)22(27)23-10-12-29-16-8-6-15(7-9-16)21(26)24-28/h1-2,4-9,25,28H,3,10-14H2,(H,23,27)(H,24,26). The number of carbonyl (C=O) groups is 2. The van der Waals surface area contributed by atoms with Crippen molar-refractivity contribution in [2.45, 2.75) is 12.2 Å². The van der Waals surface area contributed by atoms with Crippen LogP contribution in [0.15, 0.2) is 52.9 Å². The van der Waals surface area contributed by atoms with Crippen LogP contribution in [0.1, 0.15) is 32.9 Å². The van der Waals surface area contributed by atoms with Crippen LogP contribution in [0.3, 0.4) is 0 Å². The van der Waals surface area contributed by atoms with Gasteiger partial charge in [0.05, 0.1) is 6.54 Å². The molecular formula is C22H24N2O6S. The lowest BCUT2D eigenvalue weighted by molar-refractivity contribution is 0.0706. The smallest absolute Gasteiger partial charge is 0.287 e. The van der Waals surface area contributed by atoms with Crippen molar-refractivity contribution in [3.8, 4) is 5.75 Å². The summed E-state index contributed by atoms with van der Waals surface area (Å²) >= 11 is 1.64. The Kier molecular flexibility index (Phi) is 8.34. The van der Waals surface area contributed by atoms with Gasteiger partial charge in [0.1, 0.15) is 17.9 Å². The average molecular weight is 445 g/mol. The Morgan fingerprint density at radius 2 is 1.84 bits per heavy atom. The Hall–Kier alpha value is -3.01. The highest BCUT2D eigenvalue weighted by atomic mass is 32.2. The largest absolute Gasteiger partial charge is 0.492 e. The molecule has 2 aromatic carbocycles. The van der Waals surface area contributed by atoms with Crippen LogP contribution in [-0.2, 0) is 5.75 Å². The maximum Gasteiger partial charge on any atom is 0.287 e. The molecule has 0 aliphatic heterocycles. The molecule has 0 spiro atoms. The lowest BCUT2D eigenvalue weighted by atomic mass is 10.1. The summed E-state index contributed by atoms with van der Waals surface area (Å²) in [5, 5.41) is 21.3. The molecule has 0 radical (unpaired) electrons. The van der Waals surface area contributed by atoms with E-state index in [0.717, 1.165) is 16.7 Å². The molecule has 9 heteroatoms. The highest BCUT2D eigenvalue weighted by Gasteiger charge is 2.20. The number of hydroxylamine groups is 1. The van der Waals surface area contributed by atoms with Gasteiger partial charge in [0, 0.05) is 28.9 Å². The Balaban J connectivity index is 1.56. The number of rotatable bonds is 11. The van der Waals surface area contributed by atoms with E-state index in [9.17, 15) is 9.59 Å². The fourth-order valence-corrected chi connectivity index (χ4v) is 3.92. The maximum atomic E-state index is 12.7. The van der Waals surface area contributed by atoms with Crippen molar-refractivity contribution >= 4 is 34.5 Å². The van der Waals surface area contributed by atoms with Gasteiger partial charge in [-0.05, 0) is 42.5 Å². The van der Waals surface area contributed by atoms with Crippen molar-refractivity contribution in [2.75, 3.05) is 25.5 Å². The Morgan fingerprint density at radius 1 is 1.06 bits per heavy atom. The number of thioether (sulfide) groups is 1. The molecule has 8 nitrogen and oxygen atoms in total. The SMILES string of the molecule is O=C(NO)c1ccc(OCCNC(=O)c2oc3ccccc3c2CSCCCO)cc1. The van der Waals surface area contributed by atoms with Crippen LogP contribution < -0.4 is 15.5 Å². The minimum Gasteiger partial charge on any atom is -0.492 e. The Morgan fingerprint density at radius 3 is 2.58 bits per heavy atom. The highest BCUT2D eigenvalue weighted by Crippen LogP contribution is 2.29. The Bertz CT molecular complexity index is 1020. The quantitative estimate of drug-likeness (QED) is 0.204. The van der Waals surface area contributed by atoms with Gasteiger partial charge in [-0.1, -0.05) is 18.2 Å². The van der Waals surface area contributed by atoms with Crippen LogP contribution in [0, 0.1) is 0 Å². The van der Waals surface area contributed by atoms with Gasteiger partial charge in [-0.25, -0.2) is 5.48 Å². The van der Waals surface area contributed by atoms with Crippen molar-refractivity contribution in [1.82, 2.24) is 10.8 Å². The fourth-order valence-electron chi connectivity index (χ4n) is 2.95. The van der Waals surface area contributed by atoms with Crippen LogP contribution in [0.4, 0.5) is 0 Å². The van der Waals surface area contributed by atoms with Crippen LogP contribution >= 0.6 is 11.8 Å². The summed E-state index contributed by atoms with van der Waals surface area (Å²) in [6, 6.07) is 13.8. The number of benzene rings is 2. The summed E-state index contributed by atoms with van der Waals surface area (Å²) in [4.78, 5) is 24.0. The van der Waals surface area contributed by atoms with Gasteiger partial charge in [-0.15, -0.1) is 0 Å². The molecule has 3 aromatic rings. The number of carbonyl (C=O) groups excluding carboxylic acids is 2. The summed E-state index contributed by atoms with van der Waals surface area (Å²) < 4.78 is 11.4. The molecule has 0 saturated carbocycles. The number of hydrogen-bond donors (Lipinski definition) is 4. The Labute approximate surface area is 183 Å².